The molecule has 1 fully saturated rings. The summed E-state index contributed by atoms with van der Waals surface area (Å²) in [5.74, 6) is 1.34. The molecule has 2 aromatic rings. The smallest absolute Gasteiger partial charge is 0.262 e. The number of carbonyl (C=O) groups is 2. The van der Waals surface area contributed by atoms with E-state index in [9.17, 15) is 9.59 Å². The van der Waals surface area contributed by atoms with Crippen LogP contribution < -0.4 is 14.8 Å². The summed E-state index contributed by atoms with van der Waals surface area (Å²) >= 11 is 0. The van der Waals surface area contributed by atoms with Crippen molar-refractivity contribution in [2.45, 2.75) is 26.7 Å². The molecule has 6 nitrogen and oxygen atoms in total. The van der Waals surface area contributed by atoms with E-state index in [0.29, 0.717) is 28.7 Å². The topological polar surface area (TPSA) is 67.9 Å². The quantitative estimate of drug-likeness (QED) is 0.804. The summed E-state index contributed by atoms with van der Waals surface area (Å²) in [6.07, 6.45) is 2.01. The van der Waals surface area contributed by atoms with Gasteiger partial charge in [-0.2, -0.15) is 0 Å². The molecule has 0 saturated carbocycles. The van der Waals surface area contributed by atoms with Crippen LogP contribution in [0.1, 0.15) is 35.7 Å². The minimum atomic E-state index is -0.333. The number of rotatable bonds is 6. The van der Waals surface area contributed by atoms with Crippen LogP contribution in [0.25, 0.3) is 0 Å². The van der Waals surface area contributed by atoms with E-state index in [1.807, 2.05) is 30.0 Å². The fourth-order valence-corrected chi connectivity index (χ4v) is 3.38. The summed E-state index contributed by atoms with van der Waals surface area (Å²) in [7, 11) is 1.56. The third kappa shape index (κ3) is 5.28. The highest BCUT2D eigenvalue weighted by molar-refractivity contribution is 6.04. The lowest BCUT2D eigenvalue weighted by molar-refractivity contribution is -0.118. The van der Waals surface area contributed by atoms with Crippen molar-refractivity contribution in [1.29, 1.82) is 0 Å². The molecule has 0 radical (unpaired) electrons. The van der Waals surface area contributed by atoms with Crippen molar-refractivity contribution in [2.75, 3.05) is 32.1 Å². The molecule has 1 saturated heterocycles. The molecule has 154 valence electrons. The van der Waals surface area contributed by atoms with Crippen molar-refractivity contribution in [3.8, 4) is 11.5 Å². The van der Waals surface area contributed by atoms with Gasteiger partial charge in [0, 0.05) is 13.1 Å². The number of ether oxygens (including phenoxy) is 2. The number of piperidine rings is 1. The van der Waals surface area contributed by atoms with Gasteiger partial charge in [-0.05, 0) is 55.5 Å². The van der Waals surface area contributed by atoms with Gasteiger partial charge in [0.15, 0.2) is 18.1 Å². The van der Waals surface area contributed by atoms with Gasteiger partial charge >= 0.3 is 0 Å². The number of aryl methyl sites for hydroxylation is 1. The molecule has 0 atom stereocenters. The molecule has 2 aromatic carbocycles. The average molecular weight is 396 g/mol. The van der Waals surface area contributed by atoms with Crippen LogP contribution in [0.2, 0.25) is 0 Å². The summed E-state index contributed by atoms with van der Waals surface area (Å²) in [5, 5.41) is 2.81. The molecule has 1 aliphatic rings. The van der Waals surface area contributed by atoms with E-state index in [2.05, 4.69) is 12.2 Å². The largest absolute Gasteiger partial charge is 0.493 e. The molecular formula is C23H28N2O4. The Labute approximate surface area is 171 Å². The number of amides is 2. The van der Waals surface area contributed by atoms with Crippen LogP contribution in [-0.4, -0.2) is 43.5 Å². The Morgan fingerprint density at radius 1 is 1.10 bits per heavy atom. The number of anilines is 1. The van der Waals surface area contributed by atoms with E-state index in [1.54, 1.807) is 31.4 Å². The number of hydrogen-bond donors (Lipinski definition) is 1. The lowest BCUT2D eigenvalue weighted by Crippen LogP contribution is -2.38. The van der Waals surface area contributed by atoms with Gasteiger partial charge < -0.3 is 19.7 Å². The number of nitrogens with one attached hydrogen (secondary N) is 1. The molecule has 1 aliphatic heterocycles. The van der Waals surface area contributed by atoms with E-state index in [0.717, 1.165) is 31.5 Å². The number of hydrogen-bond acceptors (Lipinski definition) is 4. The molecule has 2 amide bonds. The third-order valence-corrected chi connectivity index (χ3v) is 5.18. The standard InChI is InChI=1S/C23H28N2O4/c1-16-10-12-25(13-11-16)23(27)18-6-4-5-7-19(18)24-22(26)15-29-20-9-8-17(2)14-21(20)28-3/h4-9,14,16H,10-13,15H2,1-3H3,(H,24,26). The van der Waals surface area contributed by atoms with Crippen molar-refractivity contribution >= 4 is 17.5 Å². The van der Waals surface area contributed by atoms with Crippen molar-refractivity contribution in [1.82, 2.24) is 4.90 Å². The van der Waals surface area contributed by atoms with Gasteiger partial charge in [0.05, 0.1) is 18.4 Å². The van der Waals surface area contributed by atoms with Crippen LogP contribution in [0.3, 0.4) is 0 Å². The van der Waals surface area contributed by atoms with Crippen molar-refractivity contribution in [3.63, 3.8) is 0 Å². The minimum absolute atomic E-state index is 0.0473. The zero-order chi connectivity index (χ0) is 20.8. The second kappa shape index (κ2) is 9.45. The molecular weight excluding hydrogens is 368 g/mol. The first-order chi connectivity index (χ1) is 14.0. The van der Waals surface area contributed by atoms with Gasteiger partial charge in [-0.1, -0.05) is 25.1 Å². The van der Waals surface area contributed by atoms with Crippen molar-refractivity contribution in [2.24, 2.45) is 5.92 Å². The zero-order valence-electron chi connectivity index (χ0n) is 17.2. The maximum absolute atomic E-state index is 12.9. The predicted molar refractivity (Wildman–Crippen MR) is 113 cm³/mol. The summed E-state index contributed by atoms with van der Waals surface area (Å²) in [6.45, 7) is 5.48. The average Bonchev–Trinajstić information content (AvgIpc) is 2.73. The second-order valence-electron chi connectivity index (χ2n) is 7.51. The fraction of sp³-hybridized carbons (Fsp3) is 0.391. The van der Waals surface area contributed by atoms with Crippen LogP contribution in [0.5, 0.6) is 11.5 Å². The van der Waals surface area contributed by atoms with E-state index >= 15 is 0 Å². The molecule has 29 heavy (non-hydrogen) atoms. The van der Waals surface area contributed by atoms with E-state index < -0.39 is 0 Å². The Bertz CT molecular complexity index is 873. The van der Waals surface area contributed by atoms with E-state index in [1.165, 1.54) is 0 Å². The van der Waals surface area contributed by atoms with Gasteiger partial charge in [0.25, 0.3) is 11.8 Å². The molecule has 6 heteroatoms. The molecule has 0 unspecified atom stereocenters. The molecule has 1 N–H and O–H groups in total. The highest BCUT2D eigenvalue weighted by Gasteiger charge is 2.23. The van der Waals surface area contributed by atoms with Crippen LogP contribution in [0.4, 0.5) is 5.69 Å². The summed E-state index contributed by atoms with van der Waals surface area (Å²) in [5.41, 5.74) is 2.04. The van der Waals surface area contributed by atoms with Gasteiger partial charge in [0.2, 0.25) is 0 Å². The number of para-hydroxylation sites is 1. The fourth-order valence-electron chi connectivity index (χ4n) is 3.38. The Kier molecular flexibility index (Phi) is 6.75. The van der Waals surface area contributed by atoms with Crippen LogP contribution >= 0.6 is 0 Å². The number of likely N-dealkylation sites (tertiary alicyclic amines) is 1. The number of benzene rings is 2. The maximum Gasteiger partial charge on any atom is 0.262 e. The highest BCUT2D eigenvalue weighted by atomic mass is 16.5. The van der Waals surface area contributed by atoms with Gasteiger partial charge in [-0.25, -0.2) is 0 Å². The Balaban J connectivity index is 1.64. The van der Waals surface area contributed by atoms with Gasteiger partial charge in [-0.3, -0.25) is 9.59 Å². The Hall–Kier alpha value is -3.02. The highest BCUT2D eigenvalue weighted by Crippen LogP contribution is 2.28. The van der Waals surface area contributed by atoms with Gasteiger partial charge in [0.1, 0.15) is 0 Å². The third-order valence-electron chi connectivity index (χ3n) is 5.18. The predicted octanol–water partition coefficient (Wildman–Crippen LogP) is 3.89. The van der Waals surface area contributed by atoms with Crippen molar-refractivity contribution in [3.05, 3.63) is 53.6 Å². The summed E-state index contributed by atoms with van der Waals surface area (Å²) < 4.78 is 10.9. The molecule has 0 aliphatic carbocycles. The van der Waals surface area contributed by atoms with Crippen LogP contribution in [-0.2, 0) is 4.79 Å². The number of methoxy groups -OCH3 is 1. The first-order valence-electron chi connectivity index (χ1n) is 9.93. The first-order valence-corrected chi connectivity index (χ1v) is 9.93. The lowest BCUT2D eigenvalue weighted by atomic mass is 9.98. The maximum atomic E-state index is 12.9. The molecule has 3 rings (SSSR count). The Morgan fingerprint density at radius 2 is 1.83 bits per heavy atom. The molecule has 0 bridgehead atoms. The summed E-state index contributed by atoms with van der Waals surface area (Å²) in [4.78, 5) is 27.2. The lowest BCUT2D eigenvalue weighted by Gasteiger charge is -2.30. The molecule has 0 spiro atoms. The minimum Gasteiger partial charge on any atom is -0.493 e. The summed E-state index contributed by atoms with van der Waals surface area (Å²) in [6, 6.07) is 12.6. The monoisotopic (exact) mass is 396 g/mol. The SMILES string of the molecule is COc1cc(C)ccc1OCC(=O)Nc1ccccc1C(=O)N1CCC(C)CC1. The Morgan fingerprint density at radius 3 is 2.55 bits per heavy atom. The van der Waals surface area contributed by atoms with Crippen molar-refractivity contribution < 1.29 is 19.1 Å². The van der Waals surface area contributed by atoms with Gasteiger partial charge in [-0.15, -0.1) is 0 Å². The number of carbonyl (C=O) groups excluding carboxylic acids is 2. The second-order valence-corrected chi connectivity index (χ2v) is 7.51. The zero-order valence-corrected chi connectivity index (χ0v) is 17.2. The number of nitrogens with zero attached hydrogens (tertiary/aromatic N) is 1. The van der Waals surface area contributed by atoms with E-state index in [4.69, 9.17) is 9.47 Å². The normalized spacial score (nSPS) is 14.4. The first kappa shape index (κ1) is 20.7. The van der Waals surface area contributed by atoms with Crippen LogP contribution in [0.15, 0.2) is 42.5 Å². The van der Waals surface area contributed by atoms with Crippen LogP contribution in [0, 0.1) is 12.8 Å². The molecule has 1 heterocycles. The molecule has 0 aromatic heterocycles. The van der Waals surface area contributed by atoms with E-state index in [-0.39, 0.29) is 18.4 Å².